The molecule has 98 valence electrons. The zero-order valence-corrected chi connectivity index (χ0v) is 10.6. The Kier molecular flexibility index (Phi) is 3.80. The number of hydrogen-bond acceptors (Lipinski definition) is 3. The molecular weight excluding hydrogens is 247 g/mol. The van der Waals surface area contributed by atoms with Crippen molar-refractivity contribution in [2.45, 2.75) is 0 Å². The predicted molar refractivity (Wildman–Crippen MR) is 70.3 cm³/mol. The average molecular weight is 260 g/mol. The van der Waals surface area contributed by atoms with Crippen LogP contribution in [0, 0.1) is 5.82 Å². The third-order valence-corrected chi connectivity index (χ3v) is 2.84. The molecule has 19 heavy (non-hydrogen) atoms. The fourth-order valence-corrected chi connectivity index (χ4v) is 1.91. The highest BCUT2D eigenvalue weighted by Crippen LogP contribution is 2.38. The van der Waals surface area contributed by atoms with Gasteiger partial charge in [-0.25, -0.2) is 4.39 Å². The highest BCUT2D eigenvalue weighted by atomic mass is 19.1. The number of carbonyl (C=O) groups excluding carboxylic acids is 1. The second kappa shape index (κ2) is 5.52. The Morgan fingerprint density at radius 2 is 1.68 bits per heavy atom. The van der Waals surface area contributed by atoms with E-state index in [9.17, 15) is 9.18 Å². The van der Waals surface area contributed by atoms with E-state index in [1.165, 1.54) is 26.4 Å². The number of halogens is 1. The Morgan fingerprint density at radius 1 is 1.05 bits per heavy atom. The number of ether oxygens (including phenoxy) is 2. The van der Waals surface area contributed by atoms with Crippen molar-refractivity contribution in [3.8, 4) is 22.6 Å². The van der Waals surface area contributed by atoms with Crippen LogP contribution in [0.5, 0.6) is 11.5 Å². The summed E-state index contributed by atoms with van der Waals surface area (Å²) >= 11 is 0. The van der Waals surface area contributed by atoms with E-state index in [1.807, 2.05) is 0 Å². The topological polar surface area (TPSA) is 35.5 Å². The maximum Gasteiger partial charge on any atom is 0.152 e. The number of aldehydes is 1. The molecule has 0 bridgehead atoms. The zero-order chi connectivity index (χ0) is 13.8. The van der Waals surface area contributed by atoms with E-state index in [-0.39, 0.29) is 5.56 Å². The molecule has 0 saturated heterocycles. The Morgan fingerprint density at radius 3 is 2.16 bits per heavy atom. The van der Waals surface area contributed by atoms with Crippen LogP contribution in [0.3, 0.4) is 0 Å². The van der Waals surface area contributed by atoms with Gasteiger partial charge in [0.25, 0.3) is 0 Å². The van der Waals surface area contributed by atoms with Gasteiger partial charge in [-0.1, -0.05) is 12.1 Å². The summed E-state index contributed by atoms with van der Waals surface area (Å²) in [6.45, 7) is 0. The van der Waals surface area contributed by atoms with Crippen LogP contribution in [0.2, 0.25) is 0 Å². The van der Waals surface area contributed by atoms with Crippen LogP contribution < -0.4 is 9.47 Å². The summed E-state index contributed by atoms with van der Waals surface area (Å²) in [6.07, 6.45) is 0.485. The fraction of sp³-hybridized carbons (Fsp3) is 0.133. The minimum absolute atomic E-state index is 0.0256. The molecule has 0 aliphatic carbocycles. The molecule has 0 aliphatic rings. The highest BCUT2D eigenvalue weighted by molar-refractivity contribution is 5.81. The van der Waals surface area contributed by atoms with Crippen LogP contribution in [0.25, 0.3) is 11.1 Å². The third-order valence-electron chi connectivity index (χ3n) is 2.84. The van der Waals surface area contributed by atoms with Gasteiger partial charge in [-0.05, 0) is 29.8 Å². The number of methoxy groups -OCH3 is 2. The van der Waals surface area contributed by atoms with E-state index in [1.54, 1.807) is 24.3 Å². The van der Waals surface area contributed by atoms with E-state index in [4.69, 9.17) is 9.47 Å². The quantitative estimate of drug-likeness (QED) is 0.791. The molecule has 4 heteroatoms. The molecule has 0 spiro atoms. The number of benzene rings is 2. The first-order chi connectivity index (χ1) is 9.21. The molecule has 0 aliphatic heterocycles. The molecule has 2 aromatic rings. The molecular formula is C15H13FO3. The van der Waals surface area contributed by atoms with Crippen molar-refractivity contribution < 1.29 is 18.7 Å². The maximum atomic E-state index is 13.7. The number of hydrogen-bond donors (Lipinski definition) is 0. The Labute approximate surface area is 110 Å². The molecule has 0 atom stereocenters. The van der Waals surface area contributed by atoms with Crippen LogP contribution in [0.15, 0.2) is 36.4 Å². The minimum atomic E-state index is -0.569. The summed E-state index contributed by atoms with van der Waals surface area (Å²) < 4.78 is 24.2. The summed E-state index contributed by atoms with van der Waals surface area (Å²) in [4.78, 5) is 10.6. The molecule has 0 radical (unpaired) electrons. The van der Waals surface area contributed by atoms with Gasteiger partial charge in [0, 0.05) is 0 Å². The van der Waals surface area contributed by atoms with Crippen molar-refractivity contribution in [3.63, 3.8) is 0 Å². The smallest absolute Gasteiger partial charge is 0.152 e. The molecule has 0 saturated carbocycles. The van der Waals surface area contributed by atoms with E-state index in [2.05, 4.69) is 0 Å². The van der Waals surface area contributed by atoms with Crippen molar-refractivity contribution >= 4 is 6.29 Å². The van der Waals surface area contributed by atoms with Gasteiger partial charge in [0.1, 0.15) is 17.3 Å². The molecule has 0 fully saturated rings. The second-order valence-corrected chi connectivity index (χ2v) is 3.89. The van der Waals surface area contributed by atoms with E-state index in [0.717, 1.165) is 0 Å². The van der Waals surface area contributed by atoms with Gasteiger partial charge in [-0.2, -0.15) is 0 Å². The average Bonchev–Trinajstić information content (AvgIpc) is 2.46. The fourth-order valence-electron chi connectivity index (χ4n) is 1.91. The van der Waals surface area contributed by atoms with Crippen molar-refractivity contribution in [1.82, 2.24) is 0 Å². The van der Waals surface area contributed by atoms with Crippen LogP contribution in [0.4, 0.5) is 4.39 Å². The summed E-state index contributed by atoms with van der Waals surface area (Å²) in [7, 11) is 3.07. The third kappa shape index (κ3) is 2.42. The first kappa shape index (κ1) is 13.1. The van der Waals surface area contributed by atoms with Crippen molar-refractivity contribution in [2.75, 3.05) is 14.2 Å². The molecule has 0 aromatic heterocycles. The summed E-state index contributed by atoms with van der Waals surface area (Å²) in [6, 6.07) is 9.71. The molecule has 0 amide bonds. The summed E-state index contributed by atoms with van der Waals surface area (Å²) in [5.41, 5.74) is 1.28. The number of carbonyl (C=O) groups is 1. The lowest BCUT2D eigenvalue weighted by Gasteiger charge is -2.13. The van der Waals surface area contributed by atoms with Crippen LogP contribution in [-0.4, -0.2) is 20.5 Å². The van der Waals surface area contributed by atoms with E-state index >= 15 is 0 Å². The van der Waals surface area contributed by atoms with Crippen molar-refractivity contribution in [1.29, 1.82) is 0 Å². The second-order valence-electron chi connectivity index (χ2n) is 3.89. The maximum absolute atomic E-state index is 13.7. The number of rotatable bonds is 4. The van der Waals surface area contributed by atoms with Crippen LogP contribution in [0.1, 0.15) is 10.4 Å². The lowest BCUT2D eigenvalue weighted by molar-refractivity contribution is 0.112. The van der Waals surface area contributed by atoms with Crippen molar-refractivity contribution in [3.05, 3.63) is 47.8 Å². The summed E-state index contributed by atoms with van der Waals surface area (Å²) in [5.74, 6) is 0.593. The van der Waals surface area contributed by atoms with Crippen LogP contribution in [-0.2, 0) is 0 Å². The van der Waals surface area contributed by atoms with Gasteiger partial charge in [-0.3, -0.25) is 4.79 Å². The van der Waals surface area contributed by atoms with Gasteiger partial charge in [-0.15, -0.1) is 0 Å². The van der Waals surface area contributed by atoms with E-state index < -0.39 is 5.82 Å². The Balaban J connectivity index is 2.63. The van der Waals surface area contributed by atoms with Gasteiger partial charge in [0.15, 0.2) is 6.29 Å². The SMILES string of the molecule is COc1cccc(OC)c1-c1ccc(C=O)c(F)c1. The minimum Gasteiger partial charge on any atom is -0.496 e. The largest absolute Gasteiger partial charge is 0.496 e. The molecule has 3 nitrogen and oxygen atoms in total. The Bertz CT molecular complexity index is 586. The van der Waals surface area contributed by atoms with Gasteiger partial charge in [0.2, 0.25) is 0 Å². The van der Waals surface area contributed by atoms with E-state index in [0.29, 0.717) is 28.9 Å². The molecule has 2 aromatic carbocycles. The Hall–Kier alpha value is -2.36. The monoisotopic (exact) mass is 260 g/mol. The molecule has 0 N–H and O–H groups in total. The lowest BCUT2D eigenvalue weighted by atomic mass is 10.0. The van der Waals surface area contributed by atoms with Gasteiger partial charge >= 0.3 is 0 Å². The standard InChI is InChI=1S/C15H13FO3/c1-18-13-4-3-5-14(19-2)15(13)10-6-7-11(9-17)12(16)8-10/h3-9H,1-2H3. The van der Waals surface area contributed by atoms with Gasteiger partial charge in [0.05, 0.1) is 25.3 Å². The highest BCUT2D eigenvalue weighted by Gasteiger charge is 2.13. The zero-order valence-electron chi connectivity index (χ0n) is 10.6. The van der Waals surface area contributed by atoms with Gasteiger partial charge < -0.3 is 9.47 Å². The lowest BCUT2D eigenvalue weighted by Crippen LogP contribution is -1.94. The normalized spacial score (nSPS) is 10.1. The van der Waals surface area contributed by atoms with Crippen molar-refractivity contribution in [2.24, 2.45) is 0 Å². The molecule has 0 unspecified atom stereocenters. The molecule has 2 rings (SSSR count). The van der Waals surface area contributed by atoms with Crippen LogP contribution >= 0.6 is 0 Å². The first-order valence-electron chi connectivity index (χ1n) is 5.67. The summed E-state index contributed by atoms with van der Waals surface area (Å²) in [5, 5.41) is 0. The first-order valence-corrected chi connectivity index (χ1v) is 5.67. The predicted octanol–water partition coefficient (Wildman–Crippen LogP) is 3.32. The molecule has 0 heterocycles.